The SMILES string of the molecule is CCCOc1ccc(C(=O)c2ccoc2CC)cc1. The van der Waals surface area contributed by atoms with Crippen LogP contribution in [0.25, 0.3) is 0 Å². The van der Waals surface area contributed by atoms with Gasteiger partial charge in [0.25, 0.3) is 0 Å². The Balaban J connectivity index is 2.16. The Hall–Kier alpha value is -2.03. The zero-order valence-electron chi connectivity index (χ0n) is 11.3. The van der Waals surface area contributed by atoms with Crippen LogP contribution < -0.4 is 4.74 Å². The van der Waals surface area contributed by atoms with Crippen molar-refractivity contribution < 1.29 is 13.9 Å². The Bertz CT molecular complexity index is 537. The van der Waals surface area contributed by atoms with Gasteiger partial charge in [-0.05, 0) is 36.8 Å². The highest BCUT2D eigenvalue weighted by atomic mass is 16.5. The van der Waals surface area contributed by atoms with E-state index >= 15 is 0 Å². The molecule has 0 unspecified atom stereocenters. The van der Waals surface area contributed by atoms with E-state index < -0.39 is 0 Å². The Morgan fingerprint density at radius 2 is 1.89 bits per heavy atom. The van der Waals surface area contributed by atoms with Gasteiger partial charge in [0.2, 0.25) is 0 Å². The number of ether oxygens (including phenoxy) is 1. The maximum Gasteiger partial charge on any atom is 0.196 e. The summed E-state index contributed by atoms with van der Waals surface area (Å²) in [4.78, 5) is 12.3. The molecule has 0 fully saturated rings. The molecule has 0 atom stereocenters. The largest absolute Gasteiger partial charge is 0.494 e. The molecule has 19 heavy (non-hydrogen) atoms. The average Bonchev–Trinajstić information content (AvgIpc) is 2.93. The van der Waals surface area contributed by atoms with Gasteiger partial charge < -0.3 is 9.15 Å². The lowest BCUT2D eigenvalue weighted by atomic mass is 10.0. The minimum absolute atomic E-state index is 0.00681. The third kappa shape index (κ3) is 3.05. The number of hydrogen-bond donors (Lipinski definition) is 0. The smallest absolute Gasteiger partial charge is 0.196 e. The molecule has 1 heterocycles. The summed E-state index contributed by atoms with van der Waals surface area (Å²) < 4.78 is 10.8. The van der Waals surface area contributed by atoms with E-state index in [1.54, 1.807) is 24.5 Å². The molecule has 100 valence electrons. The van der Waals surface area contributed by atoms with Crippen molar-refractivity contribution in [3.63, 3.8) is 0 Å². The van der Waals surface area contributed by atoms with Crippen LogP contribution in [0, 0.1) is 0 Å². The van der Waals surface area contributed by atoms with Crippen LogP contribution in [0.15, 0.2) is 41.0 Å². The van der Waals surface area contributed by atoms with Crippen molar-refractivity contribution in [1.29, 1.82) is 0 Å². The number of carbonyl (C=O) groups excluding carboxylic acids is 1. The molecule has 0 bridgehead atoms. The van der Waals surface area contributed by atoms with Gasteiger partial charge in [-0.2, -0.15) is 0 Å². The number of hydrogen-bond acceptors (Lipinski definition) is 3. The van der Waals surface area contributed by atoms with E-state index in [0.717, 1.165) is 17.9 Å². The second-order valence-electron chi connectivity index (χ2n) is 4.31. The lowest BCUT2D eigenvalue weighted by Crippen LogP contribution is -2.03. The number of rotatable bonds is 6. The van der Waals surface area contributed by atoms with Crippen LogP contribution in [0.4, 0.5) is 0 Å². The highest BCUT2D eigenvalue weighted by molar-refractivity contribution is 6.09. The molecule has 3 heteroatoms. The Labute approximate surface area is 113 Å². The molecule has 0 radical (unpaired) electrons. The lowest BCUT2D eigenvalue weighted by Gasteiger charge is -2.05. The molecule has 0 aliphatic heterocycles. The van der Waals surface area contributed by atoms with E-state index in [4.69, 9.17) is 9.15 Å². The van der Waals surface area contributed by atoms with E-state index in [2.05, 4.69) is 6.92 Å². The number of furan rings is 1. The molecule has 0 saturated heterocycles. The monoisotopic (exact) mass is 258 g/mol. The molecule has 3 nitrogen and oxygen atoms in total. The summed E-state index contributed by atoms with van der Waals surface area (Å²) in [5, 5.41) is 0. The van der Waals surface area contributed by atoms with Gasteiger partial charge in [0.05, 0.1) is 18.4 Å². The van der Waals surface area contributed by atoms with Crippen molar-refractivity contribution in [2.45, 2.75) is 26.7 Å². The number of benzene rings is 1. The zero-order valence-corrected chi connectivity index (χ0v) is 11.3. The maximum absolute atomic E-state index is 12.3. The van der Waals surface area contributed by atoms with Gasteiger partial charge in [-0.3, -0.25) is 4.79 Å². The first-order valence-corrected chi connectivity index (χ1v) is 6.60. The second kappa shape index (κ2) is 6.23. The topological polar surface area (TPSA) is 39.4 Å². The standard InChI is InChI=1S/C16H18O3/c1-3-10-18-13-7-5-12(6-8-13)16(17)14-9-11-19-15(14)4-2/h5-9,11H,3-4,10H2,1-2H3. The van der Waals surface area contributed by atoms with Crippen molar-refractivity contribution in [2.75, 3.05) is 6.61 Å². The zero-order chi connectivity index (χ0) is 13.7. The van der Waals surface area contributed by atoms with Crippen LogP contribution in [0.5, 0.6) is 5.75 Å². The molecule has 0 aliphatic rings. The van der Waals surface area contributed by atoms with Crippen LogP contribution in [0.2, 0.25) is 0 Å². The van der Waals surface area contributed by atoms with E-state index in [9.17, 15) is 4.79 Å². The van der Waals surface area contributed by atoms with Crippen LogP contribution >= 0.6 is 0 Å². The van der Waals surface area contributed by atoms with E-state index in [-0.39, 0.29) is 5.78 Å². The lowest BCUT2D eigenvalue weighted by molar-refractivity contribution is 0.103. The van der Waals surface area contributed by atoms with E-state index in [1.165, 1.54) is 0 Å². The summed E-state index contributed by atoms with van der Waals surface area (Å²) in [5.74, 6) is 1.52. The average molecular weight is 258 g/mol. The van der Waals surface area contributed by atoms with Gasteiger partial charge in [-0.25, -0.2) is 0 Å². The summed E-state index contributed by atoms with van der Waals surface area (Å²) in [6, 6.07) is 8.96. The van der Waals surface area contributed by atoms with Crippen molar-refractivity contribution >= 4 is 5.78 Å². The van der Waals surface area contributed by atoms with Crippen LogP contribution in [-0.2, 0) is 6.42 Å². The first-order chi connectivity index (χ1) is 9.26. The number of carbonyl (C=O) groups is 1. The molecule has 1 aromatic heterocycles. The summed E-state index contributed by atoms with van der Waals surface area (Å²) >= 11 is 0. The molecule has 0 aliphatic carbocycles. The fourth-order valence-electron chi connectivity index (χ4n) is 1.89. The van der Waals surface area contributed by atoms with Gasteiger partial charge in [0.1, 0.15) is 11.5 Å². The Morgan fingerprint density at radius 1 is 1.16 bits per heavy atom. The predicted molar refractivity (Wildman–Crippen MR) is 73.7 cm³/mol. The van der Waals surface area contributed by atoms with E-state index in [1.807, 2.05) is 19.1 Å². The summed E-state index contributed by atoms with van der Waals surface area (Å²) in [6.07, 6.45) is 3.24. The Kier molecular flexibility index (Phi) is 4.39. The van der Waals surface area contributed by atoms with Crippen molar-refractivity contribution in [1.82, 2.24) is 0 Å². The first-order valence-electron chi connectivity index (χ1n) is 6.60. The summed E-state index contributed by atoms with van der Waals surface area (Å²) in [7, 11) is 0. The molecule has 2 rings (SSSR count). The van der Waals surface area contributed by atoms with Gasteiger partial charge in [-0.15, -0.1) is 0 Å². The normalized spacial score (nSPS) is 10.4. The molecule has 1 aromatic carbocycles. The van der Waals surface area contributed by atoms with Crippen LogP contribution in [-0.4, -0.2) is 12.4 Å². The third-order valence-corrected chi connectivity index (χ3v) is 2.90. The minimum Gasteiger partial charge on any atom is -0.494 e. The van der Waals surface area contributed by atoms with Crippen molar-refractivity contribution in [2.24, 2.45) is 0 Å². The molecule has 0 spiro atoms. The molecular formula is C16H18O3. The molecule has 0 amide bonds. The fourth-order valence-corrected chi connectivity index (χ4v) is 1.89. The maximum atomic E-state index is 12.3. The molecule has 0 saturated carbocycles. The molecule has 2 aromatic rings. The quantitative estimate of drug-likeness (QED) is 0.738. The number of ketones is 1. The van der Waals surface area contributed by atoms with Gasteiger partial charge in [-0.1, -0.05) is 13.8 Å². The minimum atomic E-state index is -0.00681. The summed E-state index contributed by atoms with van der Waals surface area (Å²) in [6.45, 7) is 4.72. The number of aryl methyl sites for hydroxylation is 1. The van der Waals surface area contributed by atoms with E-state index in [0.29, 0.717) is 24.2 Å². The van der Waals surface area contributed by atoms with Gasteiger partial charge in [0.15, 0.2) is 5.78 Å². The van der Waals surface area contributed by atoms with Gasteiger partial charge >= 0.3 is 0 Å². The molecular weight excluding hydrogens is 240 g/mol. The third-order valence-electron chi connectivity index (χ3n) is 2.90. The van der Waals surface area contributed by atoms with Crippen molar-refractivity contribution in [3.8, 4) is 5.75 Å². The van der Waals surface area contributed by atoms with Gasteiger partial charge in [0, 0.05) is 12.0 Å². The van der Waals surface area contributed by atoms with Crippen molar-refractivity contribution in [3.05, 3.63) is 53.5 Å². The predicted octanol–water partition coefficient (Wildman–Crippen LogP) is 3.86. The Morgan fingerprint density at radius 3 is 2.53 bits per heavy atom. The second-order valence-corrected chi connectivity index (χ2v) is 4.31. The summed E-state index contributed by atoms with van der Waals surface area (Å²) in [5.41, 5.74) is 1.30. The van der Waals surface area contributed by atoms with Crippen LogP contribution in [0.1, 0.15) is 41.9 Å². The highest BCUT2D eigenvalue weighted by Gasteiger charge is 2.15. The fraction of sp³-hybridized carbons (Fsp3) is 0.312. The highest BCUT2D eigenvalue weighted by Crippen LogP contribution is 2.19. The first kappa shape index (κ1) is 13.4. The van der Waals surface area contributed by atoms with Crippen LogP contribution in [0.3, 0.4) is 0 Å². The molecule has 0 N–H and O–H groups in total.